The van der Waals surface area contributed by atoms with Gasteiger partial charge in [-0.1, -0.05) is 12.1 Å². The monoisotopic (exact) mass is 259 g/mol. The van der Waals surface area contributed by atoms with E-state index in [9.17, 15) is 0 Å². The highest BCUT2D eigenvalue weighted by atomic mass is 16.5. The summed E-state index contributed by atoms with van der Waals surface area (Å²) in [6, 6.07) is 8.29. The fourth-order valence-electron chi connectivity index (χ4n) is 2.20. The molecule has 0 fully saturated rings. The topological polar surface area (TPSA) is 39.1 Å². The number of hydrogen-bond acceptors (Lipinski definition) is 3. The van der Waals surface area contributed by atoms with E-state index in [1.807, 2.05) is 24.7 Å². The van der Waals surface area contributed by atoms with E-state index < -0.39 is 0 Å². The summed E-state index contributed by atoms with van der Waals surface area (Å²) in [5, 5.41) is 7.87. The quantitative estimate of drug-likeness (QED) is 0.897. The molecule has 0 aliphatic rings. The molecule has 0 amide bonds. The van der Waals surface area contributed by atoms with Gasteiger partial charge in [0.1, 0.15) is 0 Å². The molecule has 2 aromatic rings. The Kier molecular flexibility index (Phi) is 4.22. The third-order valence-electron chi connectivity index (χ3n) is 3.37. The van der Waals surface area contributed by atoms with Crippen LogP contribution in [0.5, 0.6) is 0 Å². The second-order valence-electron chi connectivity index (χ2n) is 4.76. The summed E-state index contributed by atoms with van der Waals surface area (Å²) in [4.78, 5) is 0. The van der Waals surface area contributed by atoms with Crippen molar-refractivity contribution in [1.82, 2.24) is 9.78 Å². The SMILES string of the molecule is COCc1cccc(NCc2c(C)nn(C)c2C)c1. The number of anilines is 1. The maximum Gasteiger partial charge on any atom is 0.0713 e. The first-order valence-corrected chi connectivity index (χ1v) is 6.42. The number of methoxy groups -OCH3 is 1. The summed E-state index contributed by atoms with van der Waals surface area (Å²) in [5.41, 5.74) is 5.84. The molecule has 2 rings (SSSR count). The van der Waals surface area contributed by atoms with Gasteiger partial charge in [-0.3, -0.25) is 4.68 Å². The van der Waals surface area contributed by atoms with Gasteiger partial charge in [0, 0.05) is 37.6 Å². The number of nitrogens with one attached hydrogen (secondary N) is 1. The predicted octanol–water partition coefficient (Wildman–Crippen LogP) is 2.80. The molecule has 4 nitrogen and oxygen atoms in total. The highest BCUT2D eigenvalue weighted by Crippen LogP contribution is 2.16. The molecule has 0 saturated carbocycles. The van der Waals surface area contributed by atoms with Crippen molar-refractivity contribution in [3.05, 3.63) is 46.8 Å². The molecular formula is C15H21N3O. The molecule has 19 heavy (non-hydrogen) atoms. The van der Waals surface area contributed by atoms with Crippen LogP contribution in [0, 0.1) is 13.8 Å². The fraction of sp³-hybridized carbons (Fsp3) is 0.400. The van der Waals surface area contributed by atoms with Gasteiger partial charge in [0.15, 0.2) is 0 Å². The smallest absolute Gasteiger partial charge is 0.0713 e. The maximum absolute atomic E-state index is 5.15. The lowest BCUT2D eigenvalue weighted by Gasteiger charge is -2.08. The Labute approximate surface area is 114 Å². The van der Waals surface area contributed by atoms with Crippen molar-refractivity contribution in [1.29, 1.82) is 0 Å². The van der Waals surface area contributed by atoms with Crippen LogP contribution in [-0.4, -0.2) is 16.9 Å². The second-order valence-corrected chi connectivity index (χ2v) is 4.76. The van der Waals surface area contributed by atoms with Crippen molar-refractivity contribution in [2.45, 2.75) is 27.0 Å². The number of benzene rings is 1. The van der Waals surface area contributed by atoms with Crippen molar-refractivity contribution >= 4 is 5.69 Å². The number of ether oxygens (including phenoxy) is 1. The van der Waals surface area contributed by atoms with E-state index in [2.05, 4.69) is 35.5 Å². The van der Waals surface area contributed by atoms with Crippen LogP contribution in [0.1, 0.15) is 22.5 Å². The Morgan fingerprint density at radius 2 is 2.11 bits per heavy atom. The molecule has 4 heteroatoms. The molecule has 0 unspecified atom stereocenters. The van der Waals surface area contributed by atoms with Gasteiger partial charge in [-0.2, -0.15) is 5.10 Å². The number of aromatic nitrogens is 2. The fourth-order valence-corrected chi connectivity index (χ4v) is 2.20. The summed E-state index contributed by atoms with van der Waals surface area (Å²) in [5.74, 6) is 0. The number of aryl methyl sites for hydroxylation is 2. The highest BCUT2D eigenvalue weighted by Gasteiger charge is 2.08. The van der Waals surface area contributed by atoms with Gasteiger partial charge in [0.25, 0.3) is 0 Å². The van der Waals surface area contributed by atoms with E-state index in [-0.39, 0.29) is 0 Å². The van der Waals surface area contributed by atoms with Gasteiger partial charge in [0.2, 0.25) is 0 Å². The van der Waals surface area contributed by atoms with Crippen LogP contribution in [0.15, 0.2) is 24.3 Å². The zero-order valence-electron chi connectivity index (χ0n) is 12.0. The lowest BCUT2D eigenvalue weighted by atomic mass is 10.1. The minimum atomic E-state index is 0.639. The standard InChI is InChI=1S/C15H21N3O/c1-11-15(12(2)18(3)17-11)9-16-14-7-5-6-13(8-14)10-19-4/h5-8,16H,9-10H2,1-4H3. The molecule has 0 aliphatic heterocycles. The van der Waals surface area contributed by atoms with Crippen LogP contribution in [0.25, 0.3) is 0 Å². The minimum Gasteiger partial charge on any atom is -0.381 e. The highest BCUT2D eigenvalue weighted by molar-refractivity contribution is 5.46. The predicted molar refractivity (Wildman–Crippen MR) is 77.2 cm³/mol. The largest absolute Gasteiger partial charge is 0.381 e. The third kappa shape index (κ3) is 3.15. The Hall–Kier alpha value is -1.81. The molecule has 0 radical (unpaired) electrons. The van der Waals surface area contributed by atoms with Crippen LogP contribution in [0.2, 0.25) is 0 Å². The average molecular weight is 259 g/mol. The summed E-state index contributed by atoms with van der Waals surface area (Å²) in [6.45, 7) is 5.58. The van der Waals surface area contributed by atoms with Gasteiger partial charge < -0.3 is 10.1 Å². The van der Waals surface area contributed by atoms with Gasteiger partial charge in [-0.15, -0.1) is 0 Å². The summed E-state index contributed by atoms with van der Waals surface area (Å²) >= 11 is 0. The number of rotatable bonds is 5. The van der Waals surface area contributed by atoms with E-state index in [0.29, 0.717) is 6.61 Å². The van der Waals surface area contributed by atoms with E-state index in [4.69, 9.17) is 4.74 Å². The Morgan fingerprint density at radius 3 is 2.74 bits per heavy atom. The van der Waals surface area contributed by atoms with Crippen LogP contribution in [0.4, 0.5) is 5.69 Å². The van der Waals surface area contributed by atoms with Crippen LogP contribution in [-0.2, 0) is 24.9 Å². The Bertz CT molecular complexity index is 561. The van der Waals surface area contributed by atoms with Crippen LogP contribution in [0.3, 0.4) is 0 Å². The lowest BCUT2D eigenvalue weighted by molar-refractivity contribution is 0.185. The van der Waals surface area contributed by atoms with Crippen molar-refractivity contribution in [3.63, 3.8) is 0 Å². The molecule has 1 aromatic carbocycles. The summed E-state index contributed by atoms with van der Waals surface area (Å²) in [7, 11) is 3.69. The third-order valence-corrected chi connectivity index (χ3v) is 3.37. The van der Waals surface area contributed by atoms with Gasteiger partial charge in [-0.25, -0.2) is 0 Å². The van der Waals surface area contributed by atoms with Crippen molar-refractivity contribution < 1.29 is 4.74 Å². The molecule has 0 aliphatic carbocycles. The number of nitrogens with zero attached hydrogens (tertiary/aromatic N) is 2. The Morgan fingerprint density at radius 1 is 1.32 bits per heavy atom. The molecule has 102 valence electrons. The summed E-state index contributed by atoms with van der Waals surface area (Å²) in [6.07, 6.45) is 0. The normalized spacial score (nSPS) is 10.7. The molecule has 1 heterocycles. The molecule has 1 aromatic heterocycles. The summed E-state index contributed by atoms with van der Waals surface area (Å²) < 4.78 is 7.07. The molecule has 1 N–H and O–H groups in total. The first-order chi connectivity index (χ1) is 9.11. The van der Waals surface area contributed by atoms with E-state index in [1.165, 1.54) is 16.8 Å². The maximum atomic E-state index is 5.15. The second kappa shape index (κ2) is 5.89. The van der Waals surface area contributed by atoms with Crippen LogP contribution >= 0.6 is 0 Å². The van der Waals surface area contributed by atoms with E-state index in [0.717, 1.165) is 17.9 Å². The molecule has 0 atom stereocenters. The van der Waals surface area contributed by atoms with Gasteiger partial charge in [-0.05, 0) is 31.5 Å². The zero-order chi connectivity index (χ0) is 13.8. The molecule has 0 saturated heterocycles. The van der Waals surface area contributed by atoms with Crippen molar-refractivity contribution in [3.8, 4) is 0 Å². The number of hydrogen-bond donors (Lipinski definition) is 1. The van der Waals surface area contributed by atoms with Crippen LogP contribution < -0.4 is 5.32 Å². The molecule has 0 spiro atoms. The first-order valence-electron chi connectivity index (χ1n) is 6.42. The van der Waals surface area contributed by atoms with E-state index in [1.54, 1.807) is 7.11 Å². The van der Waals surface area contributed by atoms with Gasteiger partial charge in [0.05, 0.1) is 12.3 Å². The Balaban J connectivity index is 2.08. The average Bonchev–Trinajstić information content (AvgIpc) is 2.62. The van der Waals surface area contributed by atoms with Crippen molar-refractivity contribution in [2.75, 3.05) is 12.4 Å². The van der Waals surface area contributed by atoms with E-state index >= 15 is 0 Å². The van der Waals surface area contributed by atoms with Gasteiger partial charge >= 0.3 is 0 Å². The molecular weight excluding hydrogens is 238 g/mol. The zero-order valence-corrected chi connectivity index (χ0v) is 12.0. The van der Waals surface area contributed by atoms with Crippen molar-refractivity contribution in [2.24, 2.45) is 7.05 Å². The minimum absolute atomic E-state index is 0.639. The molecule has 0 bridgehead atoms. The first kappa shape index (κ1) is 13.6. The lowest BCUT2D eigenvalue weighted by Crippen LogP contribution is -2.02.